The number of nitrogens with one attached hydrogen (secondary N) is 1. The van der Waals surface area contributed by atoms with Crippen molar-refractivity contribution >= 4 is 0 Å². The Hall–Kier alpha value is -0.960. The van der Waals surface area contributed by atoms with E-state index < -0.39 is 11.6 Å². The Morgan fingerprint density at radius 1 is 1.25 bits per heavy atom. The molecule has 0 aliphatic heterocycles. The van der Waals surface area contributed by atoms with Crippen molar-refractivity contribution in [3.8, 4) is 0 Å². The SMILES string of the molecule is CNC(CCc1cc(F)cc(F)c1)C1CC1. The lowest BCUT2D eigenvalue weighted by molar-refractivity contribution is 0.469. The van der Waals surface area contributed by atoms with Gasteiger partial charge in [0.15, 0.2) is 0 Å². The Bertz CT molecular complexity index is 341. The van der Waals surface area contributed by atoms with Gasteiger partial charge in [0.1, 0.15) is 11.6 Å². The first-order valence-corrected chi connectivity index (χ1v) is 5.81. The number of aryl methyl sites for hydroxylation is 1. The molecule has 1 aliphatic rings. The molecule has 1 aromatic carbocycles. The number of hydrogen-bond acceptors (Lipinski definition) is 1. The van der Waals surface area contributed by atoms with Gasteiger partial charge in [0.25, 0.3) is 0 Å². The largest absolute Gasteiger partial charge is 0.317 e. The van der Waals surface area contributed by atoms with Crippen LogP contribution in [0.15, 0.2) is 18.2 Å². The fourth-order valence-electron chi connectivity index (χ4n) is 2.19. The first-order valence-electron chi connectivity index (χ1n) is 5.81. The van der Waals surface area contributed by atoms with E-state index in [2.05, 4.69) is 5.32 Å². The third-order valence-electron chi connectivity index (χ3n) is 3.23. The van der Waals surface area contributed by atoms with Gasteiger partial charge in [-0.1, -0.05) is 0 Å². The van der Waals surface area contributed by atoms with Crippen molar-refractivity contribution in [2.24, 2.45) is 5.92 Å². The third-order valence-corrected chi connectivity index (χ3v) is 3.23. The van der Waals surface area contributed by atoms with Gasteiger partial charge in [0, 0.05) is 12.1 Å². The van der Waals surface area contributed by atoms with Crippen LogP contribution in [0.5, 0.6) is 0 Å². The Morgan fingerprint density at radius 2 is 1.88 bits per heavy atom. The van der Waals surface area contributed by atoms with Crippen molar-refractivity contribution in [2.75, 3.05) is 7.05 Å². The summed E-state index contributed by atoms with van der Waals surface area (Å²) in [6, 6.07) is 4.25. The van der Waals surface area contributed by atoms with Gasteiger partial charge in [0.05, 0.1) is 0 Å². The highest BCUT2D eigenvalue weighted by Crippen LogP contribution is 2.34. The molecule has 88 valence electrons. The standard InChI is InChI=1S/C13H17F2N/c1-16-13(10-3-4-10)5-2-9-6-11(14)8-12(15)7-9/h6-8,10,13,16H,2-5H2,1H3. The van der Waals surface area contributed by atoms with E-state index in [9.17, 15) is 8.78 Å². The van der Waals surface area contributed by atoms with Crippen LogP contribution in [0, 0.1) is 17.6 Å². The van der Waals surface area contributed by atoms with E-state index in [-0.39, 0.29) is 0 Å². The Kier molecular flexibility index (Phi) is 3.54. The summed E-state index contributed by atoms with van der Waals surface area (Å²) in [4.78, 5) is 0. The second-order valence-electron chi connectivity index (χ2n) is 4.55. The summed E-state index contributed by atoms with van der Waals surface area (Å²) in [6.07, 6.45) is 4.24. The van der Waals surface area contributed by atoms with Crippen LogP contribution >= 0.6 is 0 Å². The molecule has 1 atom stereocenters. The van der Waals surface area contributed by atoms with Gasteiger partial charge < -0.3 is 5.32 Å². The van der Waals surface area contributed by atoms with E-state index in [4.69, 9.17) is 0 Å². The molecule has 0 saturated heterocycles. The minimum atomic E-state index is -0.484. The fraction of sp³-hybridized carbons (Fsp3) is 0.538. The quantitative estimate of drug-likeness (QED) is 0.812. The highest BCUT2D eigenvalue weighted by atomic mass is 19.1. The molecular weight excluding hydrogens is 208 g/mol. The van der Waals surface area contributed by atoms with Crippen LogP contribution in [0.2, 0.25) is 0 Å². The molecule has 1 nitrogen and oxygen atoms in total. The molecular formula is C13H17F2N. The summed E-state index contributed by atoms with van der Waals surface area (Å²) in [5.74, 6) is -0.201. The van der Waals surface area contributed by atoms with E-state index in [1.165, 1.54) is 25.0 Å². The number of benzene rings is 1. The van der Waals surface area contributed by atoms with E-state index in [0.717, 1.165) is 30.4 Å². The molecule has 0 spiro atoms. The zero-order chi connectivity index (χ0) is 11.5. The zero-order valence-electron chi connectivity index (χ0n) is 9.47. The van der Waals surface area contributed by atoms with Crippen LogP contribution in [0.1, 0.15) is 24.8 Å². The molecule has 1 unspecified atom stereocenters. The Labute approximate surface area is 94.9 Å². The van der Waals surface area contributed by atoms with Crippen LogP contribution in [0.25, 0.3) is 0 Å². The van der Waals surface area contributed by atoms with Crippen molar-refractivity contribution in [3.05, 3.63) is 35.4 Å². The van der Waals surface area contributed by atoms with Crippen LogP contribution in [-0.2, 0) is 6.42 Å². The monoisotopic (exact) mass is 225 g/mol. The summed E-state index contributed by atoms with van der Waals surface area (Å²) in [5.41, 5.74) is 0.749. The summed E-state index contributed by atoms with van der Waals surface area (Å²) in [7, 11) is 1.95. The minimum Gasteiger partial charge on any atom is -0.317 e. The molecule has 0 heterocycles. The number of rotatable bonds is 5. The van der Waals surface area contributed by atoms with Crippen molar-refractivity contribution in [1.29, 1.82) is 0 Å². The first kappa shape index (κ1) is 11.5. The van der Waals surface area contributed by atoms with Gasteiger partial charge in [-0.05, 0) is 56.3 Å². The van der Waals surface area contributed by atoms with Crippen LogP contribution in [-0.4, -0.2) is 13.1 Å². The predicted molar refractivity (Wildman–Crippen MR) is 60.3 cm³/mol. The zero-order valence-corrected chi connectivity index (χ0v) is 9.47. The van der Waals surface area contributed by atoms with Gasteiger partial charge in [0.2, 0.25) is 0 Å². The first-order chi connectivity index (χ1) is 7.69. The molecule has 1 saturated carbocycles. The summed E-state index contributed by atoms with van der Waals surface area (Å²) >= 11 is 0. The molecule has 0 radical (unpaired) electrons. The van der Waals surface area contributed by atoms with E-state index >= 15 is 0 Å². The maximum atomic E-state index is 12.9. The Balaban J connectivity index is 1.92. The van der Waals surface area contributed by atoms with Crippen LogP contribution in [0.4, 0.5) is 8.78 Å². The van der Waals surface area contributed by atoms with E-state index in [1.54, 1.807) is 0 Å². The normalized spacial score (nSPS) is 17.4. The molecule has 1 aromatic rings. The second-order valence-corrected chi connectivity index (χ2v) is 4.55. The maximum Gasteiger partial charge on any atom is 0.126 e. The van der Waals surface area contributed by atoms with Gasteiger partial charge in [-0.3, -0.25) is 0 Å². The van der Waals surface area contributed by atoms with Gasteiger partial charge in [-0.2, -0.15) is 0 Å². The molecule has 1 N–H and O–H groups in total. The number of hydrogen-bond donors (Lipinski definition) is 1. The lowest BCUT2D eigenvalue weighted by Crippen LogP contribution is -2.27. The van der Waals surface area contributed by atoms with Crippen molar-refractivity contribution < 1.29 is 8.78 Å². The molecule has 1 fully saturated rings. The summed E-state index contributed by atoms with van der Waals surface area (Å²) in [5, 5.41) is 3.28. The summed E-state index contributed by atoms with van der Waals surface area (Å²) < 4.78 is 25.9. The summed E-state index contributed by atoms with van der Waals surface area (Å²) in [6.45, 7) is 0. The minimum absolute atomic E-state index is 0.484. The van der Waals surface area contributed by atoms with Crippen LogP contribution in [0.3, 0.4) is 0 Å². The second kappa shape index (κ2) is 4.91. The molecule has 0 aromatic heterocycles. The Morgan fingerprint density at radius 3 is 2.38 bits per heavy atom. The molecule has 2 rings (SSSR count). The lowest BCUT2D eigenvalue weighted by atomic mass is 10.0. The van der Waals surface area contributed by atoms with E-state index in [1.807, 2.05) is 7.05 Å². The topological polar surface area (TPSA) is 12.0 Å². The van der Waals surface area contributed by atoms with Gasteiger partial charge >= 0.3 is 0 Å². The lowest BCUT2D eigenvalue weighted by Gasteiger charge is -2.14. The highest BCUT2D eigenvalue weighted by molar-refractivity contribution is 5.18. The predicted octanol–water partition coefficient (Wildman–Crippen LogP) is 2.90. The average Bonchev–Trinajstić information content (AvgIpc) is 3.01. The van der Waals surface area contributed by atoms with Gasteiger partial charge in [-0.25, -0.2) is 8.78 Å². The number of halogens is 2. The fourth-order valence-corrected chi connectivity index (χ4v) is 2.19. The molecule has 1 aliphatic carbocycles. The molecule has 0 amide bonds. The molecule has 0 bridgehead atoms. The van der Waals surface area contributed by atoms with E-state index in [0.29, 0.717) is 6.04 Å². The maximum absolute atomic E-state index is 12.9. The molecule has 16 heavy (non-hydrogen) atoms. The average molecular weight is 225 g/mol. The smallest absolute Gasteiger partial charge is 0.126 e. The molecule has 3 heteroatoms. The van der Waals surface area contributed by atoms with Crippen molar-refractivity contribution in [2.45, 2.75) is 31.7 Å². The highest BCUT2D eigenvalue weighted by Gasteiger charge is 2.29. The van der Waals surface area contributed by atoms with Crippen molar-refractivity contribution in [1.82, 2.24) is 5.32 Å². The third kappa shape index (κ3) is 3.01. The van der Waals surface area contributed by atoms with Crippen molar-refractivity contribution in [3.63, 3.8) is 0 Å². The van der Waals surface area contributed by atoms with Gasteiger partial charge in [-0.15, -0.1) is 0 Å². The van der Waals surface area contributed by atoms with Crippen LogP contribution < -0.4 is 5.32 Å².